The van der Waals surface area contributed by atoms with Crippen LogP contribution in [0.2, 0.25) is 0 Å². The summed E-state index contributed by atoms with van der Waals surface area (Å²) in [4.78, 5) is 4.65. The predicted octanol–water partition coefficient (Wildman–Crippen LogP) is 14.2. The topological polar surface area (TPSA) is 6.48 Å². The number of benzene rings is 8. The minimum absolute atomic E-state index is 1.12. The number of para-hydroxylation sites is 1. The lowest BCUT2D eigenvalue weighted by atomic mass is 10.0. The van der Waals surface area contributed by atoms with Crippen molar-refractivity contribution in [3.05, 3.63) is 216 Å². The van der Waals surface area contributed by atoms with Gasteiger partial charge < -0.3 is 9.80 Å². The van der Waals surface area contributed by atoms with Gasteiger partial charge in [-0.15, -0.1) is 0 Å². The summed E-state index contributed by atoms with van der Waals surface area (Å²) in [5, 5.41) is 2.45. The smallest absolute Gasteiger partial charge is 0.0540 e. The monoisotopic (exact) mass is 668 g/mol. The quantitative estimate of drug-likeness (QED) is 0.141. The van der Waals surface area contributed by atoms with E-state index in [9.17, 15) is 0 Å². The molecule has 8 rings (SSSR count). The molecule has 0 fully saturated rings. The molecule has 0 heterocycles. The Morgan fingerprint density at radius 1 is 0.327 bits per heavy atom. The van der Waals surface area contributed by atoms with E-state index in [0.717, 1.165) is 45.3 Å². The molecule has 0 aliphatic heterocycles. The second-order valence-corrected chi connectivity index (χ2v) is 13.3. The summed E-state index contributed by atoms with van der Waals surface area (Å²) in [6, 6.07) is 69.6. The number of aryl methyl sites for hydroxylation is 2. The number of nitrogens with zero attached hydrogens (tertiary/aromatic N) is 2. The largest absolute Gasteiger partial charge is 0.311 e. The Labute approximate surface area is 307 Å². The lowest BCUT2D eigenvalue weighted by Gasteiger charge is -2.27. The van der Waals surface area contributed by atoms with Gasteiger partial charge in [-0.3, -0.25) is 0 Å². The molecule has 8 aromatic carbocycles. The summed E-state index contributed by atoms with van der Waals surface area (Å²) in [6.07, 6.45) is 4.37. The summed E-state index contributed by atoms with van der Waals surface area (Å²) in [7, 11) is 0. The van der Waals surface area contributed by atoms with Gasteiger partial charge in [-0.2, -0.15) is 0 Å². The summed E-state index contributed by atoms with van der Waals surface area (Å²) in [6.45, 7) is 4.25. The van der Waals surface area contributed by atoms with Gasteiger partial charge in [0, 0.05) is 33.8 Å². The maximum absolute atomic E-state index is 2.34. The van der Waals surface area contributed by atoms with E-state index in [0.29, 0.717) is 0 Å². The second kappa shape index (κ2) is 14.7. The van der Waals surface area contributed by atoms with Gasteiger partial charge >= 0.3 is 0 Å². The number of hydrogen-bond acceptors (Lipinski definition) is 2. The van der Waals surface area contributed by atoms with E-state index in [1.807, 2.05) is 0 Å². The lowest BCUT2D eigenvalue weighted by molar-refractivity contribution is 1.27. The summed E-state index contributed by atoms with van der Waals surface area (Å²) in [5.41, 5.74) is 14.0. The van der Waals surface area contributed by atoms with Crippen LogP contribution in [0.1, 0.15) is 22.3 Å². The van der Waals surface area contributed by atoms with Gasteiger partial charge in [0.25, 0.3) is 0 Å². The molecule has 0 aliphatic carbocycles. The molecule has 0 aliphatic rings. The predicted molar refractivity (Wildman–Crippen MR) is 224 cm³/mol. The van der Waals surface area contributed by atoms with E-state index in [1.165, 1.54) is 33.0 Å². The fraction of sp³-hybridized carbons (Fsp3) is 0.0400. The number of anilines is 6. The van der Waals surface area contributed by atoms with Crippen LogP contribution in [-0.4, -0.2) is 0 Å². The molecule has 8 aromatic rings. The molecule has 0 aromatic heterocycles. The first kappa shape index (κ1) is 32.6. The Morgan fingerprint density at radius 3 is 1.31 bits per heavy atom. The van der Waals surface area contributed by atoms with Crippen LogP contribution in [0.25, 0.3) is 34.1 Å². The van der Waals surface area contributed by atoms with Crippen molar-refractivity contribution in [2.24, 2.45) is 0 Å². The highest BCUT2D eigenvalue weighted by Crippen LogP contribution is 2.39. The minimum atomic E-state index is 1.12. The fourth-order valence-corrected chi connectivity index (χ4v) is 6.76. The van der Waals surface area contributed by atoms with E-state index < -0.39 is 0 Å². The van der Waals surface area contributed by atoms with Crippen molar-refractivity contribution < 1.29 is 0 Å². The van der Waals surface area contributed by atoms with Crippen molar-refractivity contribution in [3.8, 4) is 11.1 Å². The third kappa shape index (κ3) is 7.01. The first-order valence-electron chi connectivity index (χ1n) is 17.8. The maximum Gasteiger partial charge on any atom is 0.0540 e. The average molecular weight is 669 g/mol. The molecule has 2 nitrogen and oxygen atoms in total. The Bertz CT molecular complexity index is 2380. The number of fused-ring (bicyclic) bond motifs is 1. The van der Waals surface area contributed by atoms with Crippen LogP contribution < -0.4 is 9.80 Å². The molecule has 2 heteroatoms. The van der Waals surface area contributed by atoms with Gasteiger partial charge in [0.05, 0.1) is 5.69 Å². The summed E-state index contributed by atoms with van der Waals surface area (Å²) in [5.74, 6) is 0. The van der Waals surface area contributed by atoms with E-state index in [4.69, 9.17) is 0 Å². The van der Waals surface area contributed by atoms with Crippen LogP contribution in [-0.2, 0) is 0 Å². The molecule has 0 saturated carbocycles. The van der Waals surface area contributed by atoms with Crippen molar-refractivity contribution >= 4 is 57.0 Å². The van der Waals surface area contributed by atoms with Gasteiger partial charge in [-0.05, 0) is 108 Å². The van der Waals surface area contributed by atoms with Gasteiger partial charge in [-0.25, -0.2) is 0 Å². The highest BCUT2D eigenvalue weighted by atomic mass is 15.1. The van der Waals surface area contributed by atoms with Crippen LogP contribution in [0.15, 0.2) is 194 Å². The average Bonchev–Trinajstić information content (AvgIpc) is 3.20. The summed E-state index contributed by atoms with van der Waals surface area (Å²) < 4.78 is 0. The van der Waals surface area contributed by atoms with Gasteiger partial charge in [0.1, 0.15) is 0 Å². The zero-order valence-electron chi connectivity index (χ0n) is 29.5. The fourth-order valence-electron chi connectivity index (χ4n) is 6.76. The Hall–Kier alpha value is -6.64. The van der Waals surface area contributed by atoms with Crippen molar-refractivity contribution in [1.29, 1.82) is 0 Å². The molecule has 0 unspecified atom stereocenters. The Kier molecular flexibility index (Phi) is 9.19. The van der Waals surface area contributed by atoms with Crippen molar-refractivity contribution in [3.63, 3.8) is 0 Å². The third-order valence-corrected chi connectivity index (χ3v) is 9.60. The molecular weight excluding hydrogens is 629 g/mol. The highest BCUT2D eigenvalue weighted by molar-refractivity contribution is 5.99. The van der Waals surface area contributed by atoms with E-state index in [2.05, 4.69) is 230 Å². The maximum atomic E-state index is 2.34. The number of hydrogen-bond donors (Lipinski definition) is 0. The van der Waals surface area contributed by atoms with Crippen LogP contribution in [0.3, 0.4) is 0 Å². The second-order valence-electron chi connectivity index (χ2n) is 13.3. The Balaban J connectivity index is 1.00. The molecule has 0 saturated heterocycles. The van der Waals surface area contributed by atoms with Crippen LogP contribution in [0.4, 0.5) is 34.1 Å². The number of rotatable bonds is 9. The minimum Gasteiger partial charge on any atom is -0.311 e. The SMILES string of the molecule is Cc1ccc(N(c2ccc(C)cc2)c2ccc(-c3ccc(/C=C/c4ccc(N(c5ccccc5)c5cccc6ccccc56)cc4)cc3)cc2)cc1. The van der Waals surface area contributed by atoms with Crippen LogP contribution in [0, 0.1) is 13.8 Å². The third-order valence-electron chi connectivity index (χ3n) is 9.60. The molecule has 0 spiro atoms. The molecule has 0 atom stereocenters. The van der Waals surface area contributed by atoms with Gasteiger partial charge in [0.2, 0.25) is 0 Å². The van der Waals surface area contributed by atoms with E-state index in [1.54, 1.807) is 0 Å². The molecule has 0 N–H and O–H groups in total. The molecule has 0 bridgehead atoms. The molecular formula is C50H40N2. The normalized spacial score (nSPS) is 11.2. The lowest BCUT2D eigenvalue weighted by Crippen LogP contribution is -2.10. The zero-order valence-corrected chi connectivity index (χ0v) is 29.5. The van der Waals surface area contributed by atoms with Crippen LogP contribution in [0.5, 0.6) is 0 Å². The van der Waals surface area contributed by atoms with E-state index >= 15 is 0 Å². The van der Waals surface area contributed by atoms with Crippen LogP contribution >= 0.6 is 0 Å². The molecule has 0 amide bonds. The van der Waals surface area contributed by atoms with Crippen molar-refractivity contribution in [1.82, 2.24) is 0 Å². The zero-order chi connectivity index (χ0) is 35.3. The molecule has 52 heavy (non-hydrogen) atoms. The molecule has 0 radical (unpaired) electrons. The van der Waals surface area contributed by atoms with Gasteiger partial charge in [0.15, 0.2) is 0 Å². The first-order chi connectivity index (χ1) is 25.6. The Morgan fingerprint density at radius 2 is 0.731 bits per heavy atom. The van der Waals surface area contributed by atoms with Gasteiger partial charge in [-0.1, -0.05) is 151 Å². The van der Waals surface area contributed by atoms with E-state index in [-0.39, 0.29) is 0 Å². The van der Waals surface area contributed by atoms with Crippen molar-refractivity contribution in [2.75, 3.05) is 9.80 Å². The van der Waals surface area contributed by atoms with Crippen molar-refractivity contribution in [2.45, 2.75) is 13.8 Å². The standard InChI is InChI=1S/C50H40N2/c1-37-15-29-45(30-16-37)51(46-31-17-38(2)18-32-46)47-35-27-42(28-36-47)41-25-21-39(22-26-41)19-20-40-23-33-48(34-24-40)52(44-11-4-3-5-12-44)50-14-8-10-43-9-6-7-13-49(43)50/h3-36H,1-2H3/b20-19+. The molecule has 250 valence electrons. The highest BCUT2D eigenvalue weighted by Gasteiger charge is 2.15. The first-order valence-corrected chi connectivity index (χ1v) is 17.8. The summed E-state index contributed by atoms with van der Waals surface area (Å²) >= 11 is 0.